The number of carbonyl (C=O) groups is 1. The molecule has 0 radical (unpaired) electrons. The molecule has 28 heavy (non-hydrogen) atoms. The summed E-state index contributed by atoms with van der Waals surface area (Å²) in [7, 11) is 0. The average Bonchev–Trinajstić information content (AvgIpc) is 3.14. The van der Waals surface area contributed by atoms with Gasteiger partial charge in [0.25, 0.3) is 0 Å². The zero-order chi connectivity index (χ0) is 20.4. The molecular weight excluding hydrogens is 387 g/mol. The Morgan fingerprint density at radius 1 is 1.18 bits per heavy atom. The van der Waals surface area contributed by atoms with Crippen LogP contribution >= 0.6 is 11.8 Å². The zero-order valence-corrected chi connectivity index (χ0v) is 16.1. The molecule has 0 saturated carbocycles. The van der Waals surface area contributed by atoms with Crippen LogP contribution in [0.4, 0.5) is 13.2 Å². The third kappa shape index (κ3) is 4.14. The highest BCUT2D eigenvalue weighted by Crippen LogP contribution is 2.38. The van der Waals surface area contributed by atoms with Gasteiger partial charge in [-0.15, -0.1) is 11.8 Å². The number of rotatable bonds is 5. The van der Waals surface area contributed by atoms with Crippen LogP contribution in [0.25, 0.3) is 0 Å². The van der Waals surface area contributed by atoms with Crippen molar-refractivity contribution in [3.05, 3.63) is 71.3 Å². The third-order valence-electron chi connectivity index (χ3n) is 4.57. The number of ether oxygens (including phenoxy) is 1. The van der Waals surface area contributed by atoms with Crippen LogP contribution in [0.1, 0.15) is 24.5 Å². The monoisotopic (exact) mass is 405 g/mol. The highest BCUT2D eigenvalue weighted by molar-refractivity contribution is 7.98. The lowest BCUT2D eigenvalue weighted by Crippen LogP contribution is -2.19. The molecular formula is C21H18F3NO2S. The van der Waals surface area contributed by atoms with Gasteiger partial charge in [0.2, 0.25) is 0 Å². The number of nitrogens with zero attached hydrogens (tertiary/aromatic N) is 1. The van der Waals surface area contributed by atoms with Gasteiger partial charge in [0, 0.05) is 11.1 Å². The fourth-order valence-corrected chi connectivity index (χ4v) is 3.41. The topological polar surface area (TPSA) is 38.7 Å². The summed E-state index contributed by atoms with van der Waals surface area (Å²) in [5.41, 5.74) is -0.732. The highest BCUT2D eigenvalue weighted by Gasteiger charge is 2.35. The molecule has 0 fully saturated rings. The summed E-state index contributed by atoms with van der Waals surface area (Å²) in [5, 5.41) is 0. The van der Waals surface area contributed by atoms with Crippen molar-refractivity contribution in [2.45, 2.75) is 30.0 Å². The maximum atomic E-state index is 12.8. The van der Waals surface area contributed by atoms with Gasteiger partial charge in [-0.25, -0.2) is 4.79 Å². The van der Waals surface area contributed by atoms with E-state index < -0.39 is 23.2 Å². The Labute approximate surface area is 165 Å². The number of benzene rings is 2. The van der Waals surface area contributed by atoms with E-state index in [9.17, 15) is 18.0 Å². The number of hydrogen-bond acceptors (Lipinski definition) is 4. The third-order valence-corrected chi connectivity index (χ3v) is 5.29. The van der Waals surface area contributed by atoms with Gasteiger partial charge >= 0.3 is 12.1 Å². The van der Waals surface area contributed by atoms with Gasteiger partial charge in [-0.05, 0) is 54.6 Å². The van der Waals surface area contributed by atoms with Crippen molar-refractivity contribution in [2.24, 2.45) is 4.99 Å². The lowest BCUT2D eigenvalue weighted by atomic mass is 9.87. The van der Waals surface area contributed by atoms with Crippen LogP contribution in [0, 0.1) is 0 Å². The lowest BCUT2D eigenvalue weighted by molar-refractivity contribution is -0.137. The molecule has 0 bridgehead atoms. The highest BCUT2D eigenvalue weighted by atomic mass is 32.2. The van der Waals surface area contributed by atoms with Gasteiger partial charge < -0.3 is 4.74 Å². The van der Waals surface area contributed by atoms with Crippen molar-refractivity contribution < 1.29 is 22.7 Å². The molecule has 3 rings (SSSR count). The molecule has 7 heteroatoms. The quantitative estimate of drug-likeness (QED) is 0.367. The van der Waals surface area contributed by atoms with Crippen molar-refractivity contribution in [1.29, 1.82) is 0 Å². The van der Waals surface area contributed by atoms with Crippen LogP contribution in [0.5, 0.6) is 5.75 Å². The predicted octanol–water partition coefficient (Wildman–Crippen LogP) is 5.65. The van der Waals surface area contributed by atoms with E-state index in [2.05, 4.69) is 4.99 Å². The largest absolute Gasteiger partial charge is 0.423 e. The van der Waals surface area contributed by atoms with E-state index in [-0.39, 0.29) is 5.57 Å². The van der Waals surface area contributed by atoms with E-state index in [1.54, 1.807) is 24.3 Å². The minimum Gasteiger partial charge on any atom is -0.423 e. The maximum Gasteiger partial charge on any atom is 0.416 e. The standard InChI is InChI=1S/C21H18F3NO2S/c1-3-20(15-7-9-16(10-8-15)21(22,23)24)12-14(13-25-20)19(26)27-17-5-4-6-18(11-17)28-2/h4-13H,3H2,1-2H3. The van der Waals surface area contributed by atoms with E-state index >= 15 is 0 Å². The number of aliphatic imine (C=N–C) groups is 1. The SMILES string of the molecule is CCC1(c2ccc(C(F)(F)F)cc2)C=C(C(=O)Oc2cccc(SC)c2)C=N1. The first kappa shape index (κ1) is 20.2. The van der Waals surface area contributed by atoms with Gasteiger partial charge in [0.05, 0.1) is 11.1 Å². The van der Waals surface area contributed by atoms with E-state index in [4.69, 9.17) is 4.74 Å². The molecule has 146 valence electrons. The number of halogens is 3. The summed E-state index contributed by atoms with van der Waals surface area (Å²) in [6, 6.07) is 12.0. The Kier molecular flexibility index (Phi) is 5.65. The van der Waals surface area contributed by atoms with Gasteiger partial charge in [-0.3, -0.25) is 4.99 Å². The summed E-state index contributed by atoms with van der Waals surface area (Å²) in [6.45, 7) is 1.86. The first-order valence-corrected chi connectivity index (χ1v) is 9.82. The summed E-state index contributed by atoms with van der Waals surface area (Å²) < 4.78 is 43.8. The molecule has 0 N–H and O–H groups in total. The smallest absolute Gasteiger partial charge is 0.416 e. The number of thioether (sulfide) groups is 1. The Hall–Kier alpha value is -2.54. The van der Waals surface area contributed by atoms with E-state index in [0.29, 0.717) is 17.7 Å². The Morgan fingerprint density at radius 3 is 2.50 bits per heavy atom. The van der Waals surface area contributed by atoms with Crippen molar-refractivity contribution in [1.82, 2.24) is 0 Å². The molecule has 1 aliphatic heterocycles. The molecule has 3 nitrogen and oxygen atoms in total. The van der Waals surface area contributed by atoms with Crippen LogP contribution in [0.3, 0.4) is 0 Å². The van der Waals surface area contributed by atoms with Crippen LogP contribution in [0.2, 0.25) is 0 Å². The molecule has 1 atom stereocenters. The summed E-state index contributed by atoms with van der Waals surface area (Å²) >= 11 is 1.53. The van der Waals surface area contributed by atoms with Crippen molar-refractivity contribution in [2.75, 3.05) is 6.26 Å². The Bertz CT molecular complexity index is 935. The van der Waals surface area contributed by atoms with Gasteiger partial charge in [-0.2, -0.15) is 13.2 Å². The molecule has 0 aliphatic carbocycles. The number of hydrogen-bond donors (Lipinski definition) is 0. The minimum absolute atomic E-state index is 0.274. The van der Waals surface area contributed by atoms with Crippen LogP contribution in [0.15, 0.2) is 70.1 Å². The minimum atomic E-state index is -4.40. The Balaban J connectivity index is 1.83. The van der Waals surface area contributed by atoms with E-state index in [1.807, 2.05) is 19.2 Å². The van der Waals surface area contributed by atoms with E-state index in [1.165, 1.54) is 30.1 Å². The van der Waals surface area contributed by atoms with Crippen molar-refractivity contribution >= 4 is 23.9 Å². The summed E-state index contributed by atoms with van der Waals surface area (Å²) in [5.74, 6) is -0.126. The van der Waals surface area contributed by atoms with Crippen LogP contribution < -0.4 is 4.74 Å². The van der Waals surface area contributed by atoms with Gasteiger partial charge in [-0.1, -0.05) is 25.1 Å². The molecule has 0 saturated heterocycles. The van der Waals surface area contributed by atoms with Crippen molar-refractivity contribution in [3.63, 3.8) is 0 Å². The fraction of sp³-hybridized carbons (Fsp3) is 0.238. The maximum absolute atomic E-state index is 12.8. The first-order valence-electron chi connectivity index (χ1n) is 8.59. The average molecular weight is 405 g/mol. The molecule has 2 aromatic rings. The second kappa shape index (κ2) is 7.83. The van der Waals surface area contributed by atoms with Crippen LogP contribution in [-0.4, -0.2) is 18.4 Å². The Morgan fingerprint density at radius 2 is 1.89 bits per heavy atom. The lowest BCUT2D eigenvalue weighted by Gasteiger charge is -2.23. The molecule has 1 unspecified atom stereocenters. The second-order valence-corrected chi connectivity index (χ2v) is 7.16. The summed E-state index contributed by atoms with van der Waals surface area (Å²) in [6.07, 6.45) is 1.09. The summed E-state index contributed by atoms with van der Waals surface area (Å²) in [4.78, 5) is 17.9. The second-order valence-electron chi connectivity index (χ2n) is 6.28. The van der Waals surface area contributed by atoms with E-state index in [0.717, 1.165) is 17.0 Å². The van der Waals surface area contributed by atoms with Crippen molar-refractivity contribution in [3.8, 4) is 5.75 Å². The number of esters is 1. The predicted molar refractivity (Wildman–Crippen MR) is 104 cm³/mol. The molecule has 0 amide bonds. The molecule has 2 aromatic carbocycles. The number of carbonyl (C=O) groups excluding carboxylic acids is 1. The zero-order valence-electron chi connectivity index (χ0n) is 15.3. The van der Waals surface area contributed by atoms with Crippen LogP contribution in [-0.2, 0) is 16.5 Å². The molecule has 1 heterocycles. The number of alkyl halides is 3. The first-order chi connectivity index (χ1) is 13.3. The van der Waals surface area contributed by atoms with Gasteiger partial charge in [0.15, 0.2) is 0 Å². The molecule has 0 aromatic heterocycles. The van der Waals surface area contributed by atoms with Gasteiger partial charge in [0.1, 0.15) is 11.3 Å². The molecule has 1 aliphatic rings. The normalized spacial score (nSPS) is 18.8. The molecule has 0 spiro atoms. The fourth-order valence-electron chi connectivity index (χ4n) is 2.96.